The molecule has 2 aromatic rings. The number of nitrogens with zero attached hydrogens (tertiary/aromatic N) is 4. The quantitative estimate of drug-likeness (QED) is 0.0317. The Morgan fingerprint density at radius 1 is 1.04 bits per heavy atom. The zero-order valence-electron chi connectivity index (χ0n) is 24.8. The number of ether oxygens (including phenoxy) is 2. The van der Waals surface area contributed by atoms with Crippen molar-refractivity contribution in [3.05, 3.63) is 80.2 Å². The molecule has 0 fully saturated rings. The molecule has 0 bridgehead atoms. The highest BCUT2D eigenvalue weighted by Gasteiger charge is 2.29. The number of nitro groups is 1. The number of nitro benzene ring substituents is 1. The van der Waals surface area contributed by atoms with Gasteiger partial charge in [-0.3, -0.25) is 24.5 Å². The number of carbonyl (C=O) groups excluding carboxylic acids is 5. The number of amides is 3. The molecule has 4 N–H and O–H groups in total. The molecule has 0 heterocycles. The summed E-state index contributed by atoms with van der Waals surface area (Å²) in [6.07, 6.45) is -0.664. The number of ketones is 2. The number of urea groups is 1. The summed E-state index contributed by atoms with van der Waals surface area (Å²) >= 11 is 0. The van der Waals surface area contributed by atoms with E-state index in [1.165, 1.54) is 24.3 Å². The molecule has 16 nitrogen and oxygen atoms in total. The van der Waals surface area contributed by atoms with Crippen LogP contribution in [0.4, 0.5) is 15.3 Å². The first-order chi connectivity index (χ1) is 21.4. The maximum atomic E-state index is 13.3. The first-order valence-electron chi connectivity index (χ1n) is 13.9. The smallest absolute Gasteiger partial charge is 0.429 e. The van der Waals surface area contributed by atoms with Crippen molar-refractivity contribution in [1.82, 2.24) is 10.6 Å². The first-order valence-corrected chi connectivity index (χ1v) is 13.9. The first kappa shape index (κ1) is 35.7. The second-order valence-electron chi connectivity index (χ2n) is 10.3. The van der Waals surface area contributed by atoms with Gasteiger partial charge >= 0.3 is 12.2 Å². The summed E-state index contributed by atoms with van der Waals surface area (Å²) in [7, 11) is 0. The van der Waals surface area contributed by atoms with E-state index in [-0.39, 0.29) is 62.1 Å². The van der Waals surface area contributed by atoms with Gasteiger partial charge in [-0.2, -0.15) is 0 Å². The number of hydrogen-bond donors (Lipinski definition) is 3. The predicted octanol–water partition coefficient (Wildman–Crippen LogP) is 3.90. The topological polar surface area (TPSA) is 246 Å². The number of benzene rings is 2. The predicted molar refractivity (Wildman–Crippen MR) is 160 cm³/mol. The van der Waals surface area contributed by atoms with Crippen molar-refractivity contribution in [2.24, 2.45) is 22.7 Å². The Morgan fingerprint density at radius 3 is 2.27 bits per heavy atom. The summed E-state index contributed by atoms with van der Waals surface area (Å²) in [5.41, 5.74) is 14.6. The fourth-order valence-corrected chi connectivity index (χ4v) is 4.14. The van der Waals surface area contributed by atoms with E-state index in [1.807, 2.05) is 0 Å². The third-order valence-corrected chi connectivity index (χ3v) is 6.58. The van der Waals surface area contributed by atoms with Gasteiger partial charge in [0.25, 0.3) is 5.69 Å². The van der Waals surface area contributed by atoms with Crippen molar-refractivity contribution < 1.29 is 38.4 Å². The van der Waals surface area contributed by atoms with Crippen LogP contribution in [0.3, 0.4) is 0 Å². The third kappa shape index (κ3) is 13.1. The molecular weight excluding hydrogens is 590 g/mol. The molecule has 16 heteroatoms. The average molecular weight is 626 g/mol. The molecule has 0 spiro atoms. The van der Waals surface area contributed by atoms with Crippen LogP contribution in [0.1, 0.15) is 44.2 Å². The second-order valence-corrected chi connectivity index (χ2v) is 10.3. The van der Waals surface area contributed by atoms with Crippen LogP contribution in [0.25, 0.3) is 10.4 Å². The van der Waals surface area contributed by atoms with Gasteiger partial charge in [0, 0.05) is 42.3 Å². The lowest BCUT2D eigenvalue weighted by Gasteiger charge is -2.24. The standard InChI is InChI=1S/C29H35N7O9/c1-18(2)24(15-22(37)16-33-35-31)27(39)34-25(4-3-13-32-28(30)40)26(38)14-19-5-7-20(8-6-19)17-44-29(41)45-23-11-9-21(10-12-23)36(42)43/h5-12,18,24-25H,3-4,13-17H2,1-2H3,(H,34,39)(H3,30,32,40)/t24-,25-/m0/s1. The third-order valence-electron chi connectivity index (χ3n) is 6.58. The van der Waals surface area contributed by atoms with Crippen LogP contribution in [0, 0.1) is 22.0 Å². The minimum Gasteiger partial charge on any atom is -0.429 e. The van der Waals surface area contributed by atoms with Crippen LogP contribution in [-0.4, -0.2) is 53.7 Å². The number of carbonyl (C=O) groups is 5. The summed E-state index contributed by atoms with van der Waals surface area (Å²) < 4.78 is 10.1. The zero-order valence-corrected chi connectivity index (χ0v) is 24.8. The molecule has 0 aromatic heterocycles. The monoisotopic (exact) mass is 625 g/mol. The lowest BCUT2D eigenvalue weighted by molar-refractivity contribution is -0.384. The Kier molecular flexibility index (Phi) is 14.5. The van der Waals surface area contributed by atoms with Crippen molar-refractivity contribution in [1.29, 1.82) is 0 Å². The van der Waals surface area contributed by atoms with Crippen LogP contribution >= 0.6 is 0 Å². The molecule has 0 aliphatic carbocycles. The van der Waals surface area contributed by atoms with E-state index in [2.05, 4.69) is 20.7 Å². The largest absolute Gasteiger partial charge is 0.514 e. The number of non-ortho nitro benzene ring substituents is 1. The van der Waals surface area contributed by atoms with Crippen molar-refractivity contribution in [3.8, 4) is 5.75 Å². The molecule has 0 saturated carbocycles. The molecule has 0 unspecified atom stereocenters. The van der Waals surface area contributed by atoms with Gasteiger partial charge in [0.1, 0.15) is 18.1 Å². The molecule has 2 aromatic carbocycles. The molecule has 0 radical (unpaired) electrons. The van der Waals surface area contributed by atoms with Crippen molar-refractivity contribution in [2.75, 3.05) is 13.1 Å². The highest BCUT2D eigenvalue weighted by Crippen LogP contribution is 2.19. The SMILES string of the molecule is CC(C)[C@H](CC(=O)CN=[N+]=[N-])C(=O)N[C@@H](CCCNC(N)=O)C(=O)Cc1ccc(COC(=O)Oc2ccc([N+](=O)[O-])cc2)cc1. The maximum Gasteiger partial charge on any atom is 0.514 e. The summed E-state index contributed by atoms with van der Waals surface area (Å²) in [4.78, 5) is 74.3. The van der Waals surface area contributed by atoms with Crippen LogP contribution in [0.2, 0.25) is 0 Å². The summed E-state index contributed by atoms with van der Waals surface area (Å²) in [5.74, 6) is -2.12. The number of azide groups is 1. The zero-order chi connectivity index (χ0) is 33.4. The minimum atomic E-state index is -1.01. The van der Waals surface area contributed by atoms with Crippen LogP contribution in [-0.2, 0) is 32.1 Å². The maximum absolute atomic E-state index is 13.3. The van der Waals surface area contributed by atoms with E-state index in [9.17, 15) is 34.1 Å². The fourth-order valence-electron chi connectivity index (χ4n) is 4.14. The van der Waals surface area contributed by atoms with Gasteiger partial charge in [-0.25, -0.2) is 9.59 Å². The minimum absolute atomic E-state index is 0.0420. The van der Waals surface area contributed by atoms with E-state index >= 15 is 0 Å². The second kappa shape index (κ2) is 18.2. The number of hydrogen-bond acceptors (Lipinski definition) is 10. The lowest BCUT2D eigenvalue weighted by Crippen LogP contribution is -2.46. The number of Topliss-reactive ketones (excluding diaryl/α,β-unsaturated/α-hetero) is 2. The number of rotatable bonds is 18. The van der Waals surface area contributed by atoms with Crippen molar-refractivity contribution in [3.63, 3.8) is 0 Å². The van der Waals surface area contributed by atoms with Crippen molar-refractivity contribution >= 4 is 35.3 Å². The molecule has 0 aliphatic rings. The Morgan fingerprint density at radius 2 is 1.69 bits per heavy atom. The van der Waals surface area contributed by atoms with E-state index in [4.69, 9.17) is 20.7 Å². The van der Waals surface area contributed by atoms with E-state index in [0.29, 0.717) is 17.5 Å². The number of primary amides is 1. The Balaban J connectivity index is 2.00. The number of nitrogens with one attached hydrogen (secondary N) is 2. The van der Waals surface area contributed by atoms with Crippen LogP contribution in [0.15, 0.2) is 53.6 Å². The number of nitrogens with two attached hydrogens (primary N) is 1. The van der Waals surface area contributed by atoms with E-state index in [0.717, 1.165) is 0 Å². The molecular formula is C29H35N7O9. The van der Waals surface area contributed by atoms with Crippen LogP contribution in [0.5, 0.6) is 5.75 Å². The van der Waals surface area contributed by atoms with Crippen molar-refractivity contribution in [2.45, 2.75) is 52.2 Å². The molecule has 2 atom stereocenters. The molecule has 0 aliphatic heterocycles. The van der Waals surface area contributed by atoms with Gasteiger partial charge in [-0.1, -0.05) is 43.2 Å². The summed E-state index contributed by atoms with van der Waals surface area (Å²) in [6, 6.07) is 9.90. The Hall–Kier alpha value is -5.50. The molecule has 2 rings (SSSR count). The lowest BCUT2D eigenvalue weighted by atomic mass is 9.89. The summed E-state index contributed by atoms with van der Waals surface area (Å²) in [5, 5.41) is 19.2. The molecule has 45 heavy (non-hydrogen) atoms. The highest BCUT2D eigenvalue weighted by molar-refractivity contribution is 5.93. The van der Waals surface area contributed by atoms with Gasteiger partial charge in [0.15, 0.2) is 5.78 Å². The van der Waals surface area contributed by atoms with Gasteiger partial charge in [-0.15, -0.1) is 0 Å². The van der Waals surface area contributed by atoms with E-state index in [1.54, 1.807) is 38.1 Å². The van der Waals surface area contributed by atoms with Crippen LogP contribution < -0.4 is 21.1 Å². The average Bonchev–Trinajstić information content (AvgIpc) is 2.99. The van der Waals surface area contributed by atoms with Gasteiger partial charge in [0.2, 0.25) is 5.91 Å². The summed E-state index contributed by atoms with van der Waals surface area (Å²) in [6.45, 7) is 3.20. The van der Waals surface area contributed by atoms with Gasteiger partial charge in [-0.05, 0) is 47.6 Å². The fraction of sp³-hybridized carbons (Fsp3) is 0.414. The molecule has 3 amide bonds. The Labute approximate surface area is 258 Å². The highest BCUT2D eigenvalue weighted by atomic mass is 16.7. The Bertz CT molecular complexity index is 1410. The van der Waals surface area contributed by atoms with Gasteiger partial charge in [0.05, 0.1) is 17.5 Å². The normalized spacial score (nSPS) is 11.8. The van der Waals surface area contributed by atoms with Gasteiger partial charge < -0.3 is 25.8 Å². The molecule has 0 saturated heterocycles. The van der Waals surface area contributed by atoms with E-state index < -0.39 is 40.8 Å². The molecule has 240 valence electrons.